The van der Waals surface area contributed by atoms with Crippen LogP contribution in [-0.4, -0.2) is 56.0 Å². The Balaban J connectivity index is 0.00000300. The molecule has 0 amide bonds. The Morgan fingerprint density at radius 2 is 2.07 bits per heavy atom. The number of fused-ring (bicyclic) bond motifs is 5. The Bertz CT molecular complexity index is 1730. The van der Waals surface area contributed by atoms with Gasteiger partial charge in [0, 0.05) is 37.5 Å². The van der Waals surface area contributed by atoms with Gasteiger partial charge in [-0.2, -0.15) is 10.4 Å². The average Bonchev–Trinajstić information content (AvgIpc) is 3.31. The van der Waals surface area contributed by atoms with E-state index in [1.165, 1.54) is 30.1 Å². The fourth-order valence-electron chi connectivity index (χ4n) is 7.86. The van der Waals surface area contributed by atoms with Gasteiger partial charge in [-0.25, -0.2) is 27.5 Å². The van der Waals surface area contributed by atoms with Crippen LogP contribution in [0, 0.1) is 17.2 Å². The zero-order valence-corrected chi connectivity index (χ0v) is 27.5. The third kappa shape index (κ3) is 4.55. The van der Waals surface area contributed by atoms with Crippen molar-refractivity contribution in [3.05, 3.63) is 39.4 Å². The van der Waals surface area contributed by atoms with Gasteiger partial charge in [0.25, 0.3) is 0 Å². The summed E-state index contributed by atoms with van der Waals surface area (Å²) in [4.78, 5) is 13.9. The van der Waals surface area contributed by atoms with Gasteiger partial charge in [0.1, 0.15) is 16.9 Å². The van der Waals surface area contributed by atoms with Crippen molar-refractivity contribution in [2.24, 2.45) is 0 Å². The summed E-state index contributed by atoms with van der Waals surface area (Å²) in [6.07, 6.45) is 12.3. The summed E-state index contributed by atoms with van der Waals surface area (Å²) in [7, 11) is 2.20. The number of rotatable bonds is 6. The Hall–Kier alpha value is -2.80. The second-order valence-electron chi connectivity index (χ2n) is 12.6. The molecule has 0 aromatic carbocycles. The van der Waals surface area contributed by atoms with Crippen LogP contribution in [0.2, 0.25) is 0 Å². The molecule has 3 atom stereocenters. The van der Waals surface area contributed by atoms with E-state index in [0.29, 0.717) is 28.1 Å². The van der Waals surface area contributed by atoms with Crippen molar-refractivity contribution >= 4 is 33.2 Å². The number of aryl methyl sites for hydroxylation is 1. The Labute approximate surface area is 269 Å². The molecule has 1 saturated carbocycles. The molecule has 1 saturated heterocycles. The summed E-state index contributed by atoms with van der Waals surface area (Å²) >= 11 is 1.56. The van der Waals surface area contributed by atoms with Crippen LogP contribution in [0.25, 0.3) is 22.6 Å². The SMILES string of the molecule is CC(C1CCCN1C)n1ncc2c(NC[C-]3CC3)nc(-c3noc4c3CCCC43CCCc4sc(N)c(C#N)c43)nc21.[Mo]. The van der Waals surface area contributed by atoms with E-state index in [1.807, 2.05) is 6.20 Å². The monoisotopic (exact) mass is 680 g/mol. The fraction of sp³-hybridized carbons (Fsp3) is 0.548. The first kappa shape index (κ1) is 28.9. The van der Waals surface area contributed by atoms with Crippen LogP contribution in [0.4, 0.5) is 10.8 Å². The molecule has 4 aromatic heterocycles. The van der Waals surface area contributed by atoms with Crippen LogP contribution < -0.4 is 11.1 Å². The molecule has 224 valence electrons. The molecular formula is C31H36MoN9OS-. The van der Waals surface area contributed by atoms with Crippen molar-refractivity contribution in [2.75, 3.05) is 31.2 Å². The number of nitrogens with zero attached hydrogens (tertiary/aromatic N) is 7. The van der Waals surface area contributed by atoms with Crippen molar-refractivity contribution in [3.8, 4) is 17.6 Å². The van der Waals surface area contributed by atoms with Gasteiger partial charge in [-0.3, -0.25) is 5.92 Å². The van der Waals surface area contributed by atoms with Crippen LogP contribution in [0.5, 0.6) is 0 Å². The topological polar surface area (TPSA) is 135 Å². The van der Waals surface area contributed by atoms with Crippen molar-refractivity contribution in [1.82, 2.24) is 29.8 Å². The minimum atomic E-state index is -0.372. The number of hydrogen-bond acceptors (Lipinski definition) is 10. The second kappa shape index (κ2) is 11.0. The molecule has 5 heterocycles. The van der Waals surface area contributed by atoms with Gasteiger partial charge in [0.05, 0.1) is 28.6 Å². The minimum absolute atomic E-state index is 0. The molecule has 4 aliphatic rings. The molecule has 3 unspecified atom stereocenters. The maximum Gasteiger partial charge on any atom is 0.186 e. The number of likely N-dealkylation sites (N-methyl/N-ethyl adjacent to an activating group) is 1. The number of thiophene rings is 1. The maximum atomic E-state index is 10.1. The summed E-state index contributed by atoms with van der Waals surface area (Å²) in [6.45, 7) is 4.17. The zero-order valence-electron chi connectivity index (χ0n) is 24.6. The predicted molar refractivity (Wildman–Crippen MR) is 162 cm³/mol. The summed E-state index contributed by atoms with van der Waals surface area (Å²) in [5, 5.41) is 24.7. The number of likely N-dealkylation sites (tertiary alicyclic amines) is 1. The number of nitrogen functional groups attached to an aromatic ring is 1. The normalized spacial score (nSPS) is 24.0. The van der Waals surface area contributed by atoms with Gasteiger partial charge in [-0.15, -0.1) is 17.9 Å². The molecule has 12 heteroatoms. The van der Waals surface area contributed by atoms with Gasteiger partial charge < -0.3 is 20.5 Å². The first-order chi connectivity index (χ1) is 20.5. The molecule has 8 rings (SSSR count). The third-order valence-electron chi connectivity index (χ3n) is 10.2. The van der Waals surface area contributed by atoms with Gasteiger partial charge in [-0.1, -0.05) is 5.16 Å². The molecule has 3 aliphatic carbocycles. The molecule has 3 N–H and O–H groups in total. The number of hydrogen-bond donors (Lipinski definition) is 2. The van der Waals surface area contributed by atoms with Gasteiger partial charge in [0.2, 0.25) is 0 Å². The van der Waals surface area contributed by atoms with Crippen LogP contribution in [0.3, 0.4) is 0 Å². The summed E-state index contributed by atoms with van der Waals surface area (Å²) < 4.78 is 8.37. The van der Waals surface area contributed by atoms with E-state index >= 15 is 0 Å². The molecule has 10 nitrogen and oxygen atoms in total. The van der Waals surface area contributed by atoms with E-state index in [9.17, 15) is 5.26 Å². The van der Waals surface area contributed by atoms with Gasteiger partial charge in [-0.05, 0) is 77.4 Å². The molecule has 0 bridgehead atoms. The van der Waals surface area contributed by atoms with E-state index in [4.69, 9.17) is 25.3 Å². The van der Waals surface area contributed by atoms with Crippen molar-refractivity contribution in [3.63, 3.8) is 0 Å². The zero-order chi connectivity index (χ0) is 28.6. The molecule has 2 fully saturated rings. The Morgan fingerprint density at radius 3 is 2.81 bits per heavy atom. The van der Waals surface area contributed by atoms with E-state index in [0.717, 1.165) is 91.8 Å². The van der Waals surface area contributed by atoms with E-state index in [1.54, 1.807) is 11.3 Å². The second-order valence-corrected chi connectivity index (χ2v) is 13.8. The van der Waals surface area contributed by atoms with Crippen LogP contribution in [-0.2, 0) is 39.3 Å². The Morgan fingerprint density at radius 1 is 1.26 bits per heavy atom. The molecule has 1 spiro atoms. The van der Waals surface area contributed by atoms with Crippen LogP contribution >= 0.6 is 11.3 Å². The largest absolute Gasteiger partial charge is 0.399 e. The molecule has 0 radical (unpaired) electrons. The summed E-state index contributed by atoms with van der Waals surface area (Å²) in [6, 6.07) is 3.00. The molecule has 1 aliphatic heterocycles. The minimum Gasteiger partial charge on any atom is -0.399 e. The number of nitriles is 1. The van der Waals surface area contributed by atoms with Crippen LogP contribution in [0.15, 0.2) is 10.7 Å². The van der Waals surface area contributed by atoms with Crippen molar-refractivity contribution < 1.29 is 25.6 Å². The fourth-order valence-corrected chi connectivity index (χ4v) is 9.02. The number of nitrogens with two attached hydrogens (primary N) is 1. The third-order valence-corrected chi connectivity index (χ3v) is 11.2. The molecule has 4 aromatic rings. The number of nitrogens with one attached hydrogen (secondary N) is 1. The average molecular weight is 679 g/mol. The van der Waals surface area contributed by atoms with Crippen LogP contribution in [0.1, 0.15) is 91.7 Å². The van der Waals surface area contributed by atoms with Gasteiger partial charge in [0.15, 0.2) is 22.9 Å². The summed E-state index contributed by atoms with van der Waals surface area (Å²) in [5.74, 6) is 3.75. The van der Waals surface area contributed by atoms with E-state index in [-0.39, 0.29) is 32.5 Å². The molecular weight excluding hydrogens is 642 g/mol. The smallest absolute Gasteiger partial charge is 0.186 e. The Kier molecular flexibility index (Phi) is 7.38. The van der Waals surface area contributed by atoms with Gasteiger partial charge >= 0.3 is 0 Å². The molecule has 43 heavy (non-hydrogen) atoms. The first-order valence-corrected chi connectivity index (χ1v) is 16.1. The number of anilines is 2. The van der Waals surface area contributed by atoms with E-state index in [2.05, 4.69) is 40.1 Å². The predicted octanol–water partition coefficient (Wildman–Crippen LogP) is 5.39. The number of aromatic nitrogens is 5. The maximum absolute atomic E-state index is 10.1. The standard InChI is InChI=1S/C31H36N9OS.Mo/c1-17(22-7-5-13-39(22)2)40-30-21(16-35-40)28(34-15-18-9-10-18)36-29(37-30)25-19-6-3-11-31(26(19)41-38-25)12-4-8-23-24(31)20(14-32)27(33)42-23;/h16-17,22H,3-13,15,33H2,1-2H3,(H,34,36,37);/q-1;. The van der Waals surface area contributed by atoms with E-state index < -0.39 is 0 Å². The van der Waals surface area contributed by atoms with Crippen molar-refractivity contribution in [2.45, 2.75) is 88.6 Å². The summed E-state index contributed by atoms with van der Waals surface area (Å²) in [5.41, 5.74) is 10.3. The first-order valence-electron chi connectivity index (χ1n) is 15.3. The quantitative estimate of drug-likeness (QED) is 0.203. The van der Waals surface area contributed by atoms with Crippen molar-refractivity contribution in [1.29, 1.82) is 5.26 Å².